The fourth-order valence-electron chi connectivity index (χ4n) is 0.149. The first-order valence-corrected chi connectivity index (χ1v) is 2.05. The summed E-state index contributed by atoms with van der Waals surface area (Å²) in [4.78, 5) is 0. The molecule has 40 valence electrons. The van der Waals surface area contributed by atoms with E-state index in [9.17, 15) is 0 Å². The van der Waals surface area contributed by atoms with Gasteiger partial charge in [0.05, 0.1) is 5.70 Å². The van der Waals surface area contributed by atoms with Gasteiger partial charge in [0.25, 0.3) is 0 Å². The van der Waals surface area contributed by atoms with E-state index >= 15 is 0 Å². The zero-order valence-corrected chi connectivity index (χ0v) is 4.55. The molecule has 0 aromatic carbocycles. The van der Waals surface area contributed by atoms with Gasteiger partial charge in [0, 0.05) is 0 Å². The van der Waals surface area contributed by atoms with Gasteiger partial charge in [0.1, 0.15) is 0 Å². The smallest absolute Gasteiger partial charge is 0.0574 e. The van der Waals surface area contributed by atoms with Gasteiger partial charge in [-0.1, -0.05) is 11.3 Å². The Kier molecular flexibility index (Phi) is 2.92. The van der Waals surface area contributed by atoms with Crippen LogP contribution in [-0.4, -0.2) is 0 Å². The van der Waals surface area contributed by atoms with E-state index in [1.807, 2.05) is 19.9 Å². The number of hydrogen-bond acceptors (Lipinski definition) is 2. The molecule has 0 saturated carbocycles. The maximum Gasteiger partial charge on any atom is 0.0574 e. The van der Waals surface area contributed by atoms with Gasteiger partial charge in [-0.05, 0) is 13.8 Å². The molecule has 0 bridgehead atoms. The fourth-order valence-corrected chi connectivity index (χ4v) is 0.149. The molecule has 3 nitrogen and oxygen atoms in total. The molecule has 0 rings (SSSR count). The molecule has 0 atom stereocenters. The summed E-state index contributed by atoms with van der Waals surface area (Å²) in [6.07, 6.45) is 1.83. The van der Waals surface area contributed by atoms with Crippen LogP contribution in [0.5, 0.6) is 0 Å². The summed E-state index contributed by atoms with van der Waals surface area (Å²) in [7, 11) is 0. The van der Waals surface area contributed by atoms with Crippen LogP contribution in [0.25, 0.3) is 0 Å². The Morgan fingerprint density at radius 2 is 2.29 bits per heavy atom. The molecule has 0 fully saturated rings. The molecule has 0 aliphatic heterocycles. The largest absolute Gasteiger partial charge is 0.305 e. The predicted molar refractivity (Wildman–Crippen MR) is 28.5 cm³/mol. The predicted octanol–water partition coefficient (Wildman–Crippen LogP) is 1.24. The summed E-state index contributed by atoms with van der Waals surface area (Å²) >= 11 is 0. The second-order valence-electron chi connectivity index (χ2n) is 1.15. The summed E-state index contributed by atoms with van der Waals surface area (Å²) in [6.45, 7) is 3.71. The Labute approximate surface area is 42.9 Å². The zero-order chi connectivity index (χ0) is 5.70. The second kappa shape index (κ2) is 3.33. The summed E-state index contributed by atoms with van der Waals surface area (Å²) in [5, 5.41) is 6.57. The van der Waals surface area contributed by atoms with Crippen molar-refractivity contribution < 1.29 is 0 Å². The molecular formula is C4H9N3. The van der Waals surface area contributed by atoms with Gasteiger partial charge in [-0.3, -0.25) is 0 Å². The van der Waals surface area contributed by atoms with Crippen LogP contribution < -0.4 is 5.84 Å². The van der Waals surface area contributed by atoms with Crippen LogP contribution in [0.2, 0.25) is 0 Å². The van der Waals surface area contributed by atoms with Crippen LogP contribution in [-0.2, 0) is 0 Å². The molecule has 0 aromatic heterocycles. The number of nitrogens with zero attached hydrogens (tertiary/aromatic N) is 2. The number of nitrogens with two attached hydrogens (primary N) is 1. The van der Waals surface area contributed by atoms with E-state index in [-0.39, 0.29) is 0 Å². The van der Waals surface area contributed by atoms with Crippen LogP contribution in [0.3, 0.4) is 0 Å². The number of allylic oxidation sites excluding steroid dienone is 2. The van der Waals surface area contributed by atoms with Gasteiger partial charge in [-0.15, -0.1) is 5.11 Å². The van der Waals surface area contributed by atoms with E-state index in [1.54, 1.807) is 0 Å². The van der Waals surface area contributed by atoms with Crippen LogP contribution in [0.1, 0.15) is 13.8 Å². The van der Waals surface area contributed by atoms with Crippen LogP contribution in [0.15, 0.2) is 22.1 Å². The molecule has 2 N–H and O–H groups in total. The lowest BCUT2D eigenvalue weighted by atomic mass is 10.5. The highest BCUT2D eigenvalue weighted by atomic mass is 15.3. The third-order valence-corrected chi connectivity index (χ3v) is 0.633. The van der Waals surface area contributed by atoms with E-state index in [4.69, 9.17) is 5.84 Å². The lowest BCUT2D eigenvalue weighted by Gasteiger charge is -1.79. The SMILES string of the molecule is C/C=C(/C)N=NN. The third-order valence-electron chi connectivity index (χ3n) is 0.633. The zero-order valence-electron chi connectivity index (χ0n) is 4.55. The molecule has 0 aliphatic carbocycles. The maximum absolute atomic E-state index is 4.72. The highest BCUT2D eigenvalue weighted by Crippen LogP contribution is 1.90. The third kappa shape index (κ3) is 2.96. The van der Waals surface area contributed by atoms with Gasteiger partial charge < -0.3 is 5.84 Å². The van der Waals surface area contributed by atoms with E-state index in [0.29, 0.717) is 0 Å². The molecular weight excluding hydrogens is 90.1 g/mol. The standard InChI is InChI=1S/C4H9N3/c1-3-4(2)6-7-5/h3H,1-2H3,(H2,5,6)/b4-3-. The van der Waals surface area contributed by atoms with Crippen molar-refractivity contribution in [1.82, 2.24) is 0 Å². The van der Waals surface area contributed by atoms with Crippen LogP contribution in [0, 0.1) is 0 Å². The molecule has 0 radical (unpaired) electrons. The average molecular weight is 99.1 g/mol. The minimum atomic E-state index is 0.836. The molecule has 0 unspecified atom stereocenters. The minimum absolute atomic E-state index is 0.836. The lowest BCUT2D eigenvalue weighted by Crippen LogP contribution is -1.74. The van der Waals surface area contributed by atoms with Crippen molar-refractivity contribution in [2.75, 3.05) is 0 Å². The molecule has 0 heterocycles. The van der Waals surface area contributed by atoms with Crippen LogP contribution >= 0.6 is 0 Å². The first kappa shape index (κ1) is 6.14. The maximum atomic E-state index is 4.72. The molecule has 0 saturated heterocycles. The Balaban J connectivity index is 3.58. The molecule has 0 amide bonds. The van der Waals surface area contributed by atoms with E-state index < -0.39 is 0 Å². The molecule has 3 heteroatoms. The minimum Gasteiger partial charge on any atom is -0.305 e. The molecule has 0 aromatic rings. The summed E-state index contributed by atoms with van der Waals surface area (Å²) < 4.78 is 0. The van der Waals surface area contributed by atoms with Gasteiger partial charge in [-0.25, -0.2) is 0 Å². The normalized spacial score (nSPS) is 13.1. The monoisotopic (exact) mass is 99.1 g/mol. The van der Waals surface area contributed by atoms with Gasteiger partial charge in [-0.2, -0.15) is 0 Å². The van der Waals surface area contributed by atoms with E-state index in [0.717, 1.165) is 5.70 Å². The van der Waals surface area contributed by atoms with Crippen molar-refractivity contribution in [3.05, 3.63) is 11.8 Å². The summed E-state index contributed by atoms with van der Waals surface area (Å²) in [5.41, 5.74) is 0.836. The van der Waals surface area contributed by atoms with Crippen molar-refractivity contribution in [2.45, 2.75) is 13.8 Å². The fraction of sp³-hybridized carbons (Fsp3) is 0.500. The summed E-state index contributed by atoms with van der Waals surface area (Å²) in [5.74, 6) is 4.72. The highest BCUT2D eigenvalue weighted by molar-refractivity contribution is 4.90. The molecule has 0 spiro atoms. The Bertz CT molecular complexity index is 93.1. The van der Waals surface area contributed by atoms with Crippen molar-refractivity contribution in [2.24, 2.45) is 16.2 Å². The van der Waals surface area contributed by atoms with E-state index in [2.05, 4.69) is 10.3 Å². The van der Waals surface area contributed by atoms with Gasteiger partial charge in [0.15, 0.2) is 0 Å². The Hall–Kier alpha value is -0.860. The molecule has 7 heavy (non-hydrogen) atoms. The Morgan fingerprint density at radius 1 is 1.71 bits per heavy atom. The van der Waals surface area contributed by atoms with Crippen molar-refractivity contribution in [1.29, 1.82) is 0 Å². The highest BCUT2D eigenvalue weighted by Gasteiger charge is 1.72. The van der Waals surface area contributed by atoms with Crippen molar-refractivity contribution >= 4 is 0 Å². The van der Waals surface area contributed by atoms with E-state index in [1.165, 1.54) is 0 Å². The average Bonchev–Trinajstić information content (AvgIpc) is 1.68. The first-order valence-electron chi connectivity index (χ1n) is 2.05. The Morgan fingerprint density at radius 3 is 2.43 bits per heavy atom. The van der Waals surface area contributed by atoms with Gasteiger partial charge in [0.2, 0.25) is 0 Å². The quantitative estimate of drug-likeness (QED) is 0.300. The lowest BCUT2D eigenvalue weighted by molar-refractivity contribution is 1.00. The van der Waals surface area contributed by atoms with Crippen LogP contribution in [0.4, 0.5) is 0 Å². The number of rotatable bonds is 1. The first-order chi connectivity index (χ1) is 3.31. The molecule has 0 aliphatic rings. The van der Waals surface area contributed by atoms with Crippen molar-refractivity contribution in [3.8, 4) is 0 Å². The van der Waals surface area contributed by atoms with Gasteiger partial charge >= 0.3 is 0 Å². The summed E-state index contributed by atoms with van der Waals surface area (Å²) in [6, 6.07) is 0. The topological polar surface area (TPSA) is 50.7 Å². The van der Waals surface area contributed by atoms with Crippen molar-refractivity contribution in [3.63, 3.8) is 0 Å². The second-order valence-corrected chi connectivity index (χ2v) is 1.15. The number of hydrogen-bond donors (Lipinski definition) is 1.